The van der Waals surface area contributed by atoms with Gasteiger partial charge in [-0.05, 0) is 62.5 Å². The molecule has 1 saturated heterocycles. The Bertz CT molecular complexity index is 1410. The first kappa shape index (κ1) is 46.1. The van der Waals surface area contributed by atoms with E-state index in [1.54, 1.807) is 45.0 Å². The van der Waals surface area contributed by atoms with Crippen LogP contribution in [-0.4, -0.2) is 91.6 Å². The number of halogens is 1. The number of nitrogens with zero attached hydrogens (tertiary/aromatic N) is 1. The quantitative estimate of drug-likeness (QED) is 0.108. The minimum absolute atomic E-state index is 0.0342. The summed E-state index contributed by atoms with van der Waals surface area (Å²) in [6.45, 7) is 15.8. The molecule has 1 aliphatic rings. The number of carbonyl (C=O) groups excluding carboxylic acids is 6. The number of amides is 4. The van der Waals surface area contributed by atoms with E-state index < -0.39 is 47.7 Å². The number of nitrogens with two attached hydrogens (primary N) is 1. The fourth-order valence-electron chi connectivity index (χ4n) is 5.77. The second-order valence-electron chi connectivity index (χ2n) is 16.8. The number of Topliss-reactive ketones (excluding diaryl/α,β-unsaturated/α-hetero) is 2. The van der Waals surface area contributed by atoms with Crippen molar-refractivity contribution in [1.29, 1.82) is 0 Å². The molecule has 0 saturated carbocycles. The Labute approximate surface area is 320 Å². The summed E-state index contributed by atoms with van der Waals surface area (Å²) in [5, 5.41) is 5.34. The maximum atomic E-state index is 14.2. The van der Waals surface area contributed by atoms with Crippen molar-refractivity contribution in [1.82, 2.24) is 15.5 Å². The molecule has 0 aliphatic carbocycles. The van der Waals surface area contributed by atoms with Gasteiger partial charge in [0.05, 0.1) is 30.7 Å². The highest BCUT2D eigenvalue weighted by atomic mass is 19.1. The lowest BCUT2D eigenvalue weighted by Gasteiger charge is -2.25. The van der Waals surface area contributed by atoms with Gasteiger partial charge in [0.25, 0.3) is 0 Å². The number of ether oxygens (including phenoxy) is 3. The van der Waals surface area contributed by atoms with Crippen molar-refractivity contribution in [2.75, 3.05) is 32.9 Å². The molecule has 0 radical (unpaired) electrons. The zero-order valence-corrected chi connectivity index (χ0v) is 33.5. The lowest BCUT2D eigenvalue weighted by atomic mass is 9.85. The van der Waals surface area contributed by atoms with Crippen molar-refractivity contribution in [3.05, 3.63) is 35.4 Å². The van der Waals surface area contributed by atoms with Crippen molar-refractivity contribution >= 4 is 35.6 Å². The molecule has 0 spiro atoms. The Hall–Kier alpha value is -4.07. The van der Waals surface area contributed by atoms with E-state index in [0.29, 0.717) is 30.6 Å². The number of esters is 1. The number of hydrogen-bond acceptors (Lipinski definition) is 9. The van der Waals surface area contributed by atoms with E-state index in [1.165, 1.54) is 4.90 Å². The van der Waals surface area contributed by atoms with E-state index in [4.69, 9.17) is 19.9 Å². The maximum Gasteiger partial charge on any atom is 0.410 e. The van der Waals surface area contributed by atoms with E-state index in [0.717, 1.165) is 6.42 Å². The van der Waals surface area contributed by atoms with Crippen LogP contribution in [0.1, 0.15) is 105 Å². The summed E-state index contributed by atoms with van der Waals surface area (Å²) in [5.74, 6) is -2.04. The van der Waals surface area contributed by atoms with Crippen molar-refractivity contribution in [2.24, 2.45) is 28.4 Å². The molecule has 1 fully saturated rings. The third kappa shape index (κ3) is 17.4. The molecule has 4 amide bonds. The molecule has 1 heterocycles. The normalized spacial score (nSPS) is 17.1. The van der Waals surface area contributed by atoms with Crippen LogP contribution >= 0.6 is 0 Å². The van der Waals surface area contributed by atoms with Crippen molar-refractivity contribution < 1.29 is 47.4 Å². The van der Waals surface area contributed by atoms with Gasteiger partial charge in [-0.15, -0.1) is 0 Å². The second-order valence-corrected chi connectivity index (χ2v) is 16.8. The van der Waals surface area contributed by atoms with Gasteiger partial charge in [-0.2, -0.15) is 0 Å². The van der Waals surface area contributed by atoms with Gasteiger partial charge in [0.2, 0.25) is 5.91 Å². The predicted octanol–water partition coefficient (Wildman–Crippen LogP) is 5.44. The molecule has 1 unspecified atom stereocenters. The maximum absolute atomic E-state index is 14.2. The Morgan fingerprint density at radius 2 is 1.59 bits per heavy atom. The van der Waals surface area contributed by atoms with Crippen LogP contribution < -0.4 is 16.4 Å². The van der Waals surface area contributed by atoms with Crippen molar-refractivity contribution in [3.8, 4) is 0 Å². The molecule has 14 heteroatoms. The van der Waals surface area contributed by atoms with Crippen LogP contribution in [0, 0.1) is 22.7 Å². The number of rotatable bonds is 21. The molecule has 1 aliphatic heterocycles. The van der Waals surface area contributed by atoms with Crippen LogP contribution in [0.5, 0.6) is 0 Å². The van der Waals surface area contributed by atoms with Crippen molar-refractivity contribution in [3.63, 3.8) is 0 Å². The Balaban J connectivity index is 1.99. The molecule has 4 N–H and O–H groups in total. The van der Waals surface area contributed by atoms with E-state index in [-0.39, 0.29) is 87.4 Å². The van der Waals surface area contributed by atoms with Crippen molar-refractivity contribution in [2.45, 2.75) is 125 Å². The molecule has 1 aromatic rings. The molecule has 0 bridgehead atoms. The highest BCUT2D eigenvalue weighted by Gasteiger charge is 2.38. The van der Waals surface area contributed by atoms with Gasteiger partial charge in [0, 0.05) is 44.8 Å². The summed E-state index contributed by atoms with van der Waals surface area (Å²) >= 11 is 0. The molecule has 4 atom stereocenters. The zero-order valence-electron chi connectivity index (χ0n) is 33.5. The standard InChI is InChI=1S/C40H63FN4O9/c1-26(2)35(44-34(48)15-18-52-19-16-39(3,4)5)33(47)21-29(10-9-17-43-37(42)50)32(46)20-27-11-13-28(14-12-27)24-54-38(51)45-23-30(41)22-31(45)25-53-36(49)40(6,7)8/h11-14,26,29-31,35H,9-10,15-25H2,1-8H3,(H,44,48)(H3,42,43,50)/t29-,30+,31+,35?/m1/s1. The first-order valence-corrected chi connectivity index (χ1v) is 18.9. The number of likely N-dealkylation sites (tertiary alicyclic amines) is 1. The number of carbonyl (C=O) groups is 6. The molecule has 2 rings (SSSR count). The number of primary amides is 1. The fraction of sp³-hybridized carbons (Fsp3) is 0.700. The van der Waals surface area contributed by atoms with E-state index in [1.807, 2.05) is 13.8 Å². The summed E-state index contributed by atoms with van der Waals surface area (Å²) in [4.78, 5) is 77.3. The van der Waals surface area contributed by atoms with Crippen LogP contribution in [0.25, 0.3) is 0 Å². The highest BCUT2D eigenvalue weighted by molar-refractivity contribution is 5.93. The van der Waals surface area contributed by atoms with Crippen LogP contribution in [-0.2, 0) is 46.4 Å². The van der Waals surface area contributed by atoms with Crippen LogP contribution in [0.2, 0.25) is 0 Å². The van der Waals surface area contributed by atoms with Gasteiger partial charge < -0.3 is 30.6 Å². The lowest BCUT2D eigenvalue weighted by Crippen LogP contribution is -2.45. The van der Waals surface area contributed by atoms with E-state index in [2.05, 4.69) is 31.4 Å². The van der Waals surface area contributed by atoms with Gasteiger partial charge in [-0.25, -0.2) is 14.0 Å². The van der Waals surface area contributed by atoms with Gasteiger partial charge >= 0.3 is 18.1 Å². The lowest BCUT2D eigenvalue weighted by molar-refractivity contribution is -0.154. The fourth-order valence-corrected chi connectivity index (χ4v) is 5.77. The molecule has 0 aromatic heterocycles. The zero-order chi connectivity index (χ0) is 40.6. The summed E-state index contributed by atoms with van der Waals surface area (Å²) in [6, 6.07) is 4.81. The van der Waals surface area contributed by atoms with E-state index in [9.17, 15) is 33.2 Å². The number of ketones is 2. The average molecular weight is 763 g/mol. The van der Waals surface area contributed by atoms with Crippen LogP contribution in [0.15, 0.2) is 24.3 Å². The Morgan fingerprint density at radius 3 is 2.19 bits per heavy atom. The van der Waals surface area contributed by atoms with Gasteiger partial charge in [-0.1, -0.05) is 58.9 Å². The molecule has 304 valence electrons. The Morgan fingerprint density at radius 1 is 0.944 bits per heavy atom. The number of benzene rings is 1. The summed E-state index contributed by atoms with van der Waals surface area (Å²) in [5.41, 5.74) is 5.91. The van der Waals surface area contributed by atoms with Crippen LogP contribution in [0.4, 0.5) is 14.0 Å². The third-order valence-electron chi connectivity index (χ3n) is 9.11. The summed E-state index contributed by atoms with van der Waals surface area (Å²) < 4.78 is 30.6. The number of urea groups is 1. The topological polar surface area (TPSA) is 183 Å². The van der Waals surface area contributed by atoms with Gasteiger partial charge in [0.15, 0.2) is 5.78 Å². The minimum atomic E-state index is -1.25. The average Bonchev–Trinajstić information content (AvgIpc) is 3.45. The van der Waals surface area contributed by atoms with Gasteiger partial charge in [-0.3, -0.25) is 24.1 Å². The third-order valence-corrected chi connectivity index (χ3v) is 9.11. The number of alkyl halides is 1. The molecule has 1 aromatic carbocycles. The van der Waals surface area contributed by atoms with Gasteiger partial charge in [0.1, 0.15) is 25.2 Å². The number of nitrogens with one attached hydrogen (secondary N) is 2. The first-order chi connectivity index (χ1) is 25.2. The van der Waals surface area contributed by atoms with Crippen LogP contribution in [0.3, 0.4) is 0 Å². The smallest absolute Gasteiger partial charge is 0.410 e. The molecular formula is C40H63FN4O9. The largest absolute Gasteiger partial charge is 0.463 e. The monoisotopic (exact) mass is 762 g/mol. The molecular weight excluding hydrogens is 699 g/mol. The SMILES string of the molecule is CC(C)C(NC(=O)CCOCCC(C)(C)C)C(=O)C[C@@H](CCCNC(N)=O)C(=O)Cc1ccc(COC(=O)N2C[C@@H](F)C[C@H]2COC(=O)C(C)(C)C)cc1. The second kappa shape index (κ2) is 21.7. The van der Waals surface area contributed by atoms with E-state index >= 15 is 0 Å². The Kier molecular flexibility index (Phi) is 18.5. The number of hydrogen-bond donors (Lipinski definition) is 3. The summed E-state index contributed by atoms with van der Waals surface area (Å²) in [6.07, 6.45) is -0.263. The summed E-state index contributed by atoms with van der Waals surface area (Å²) in [7, 11) is 0. The molecule has 13 nitrogen and oxygen atoms in total. The predicted molar refractivity (Wildman–Crippen MR) is 202 cm³/mol. The minimum Gasteiger partial charge on any atom is -0.463 e. The molecule has 54 heavy (non-hydrogen) atoms. The first-order valence-electron chi connectivity index (χ1n) is 18.9. The highest BCUT2D eigenvalue weighted by Crippen LogP contribution is 2.25.